The van der Waals surface area contributed by atoms with Crippen molar-refractivity contribution in [1.29, 1.82) is 0 Å². The van der Waals surface area contributed by atoms with Crippen molar-refractivity contribution in [2.75, 3.05) is 31.6 Å². The van der Waals surface area contributed by atoms with Gasteiger partial charge in [0.05, 0.1) is 6.61 Å². The predicted octanol–water partition coefficient (Wildman–Crippen LogP) is 4.84. The van der Waals surface area contributed by atoms with Crippen LogP contribution in [0.4, 0.5) is 10.5 Å². The molecule has 0 saturated carbocycles. The number of nitrogens with zero attached hydrogens (tertiary/aromatic N) is 2. The third kappa shape index (κ3) is 6.73. The van der Waals surface area contributed by atoms with Gasteiger partial charge in [-0.2, -0.15) is 0 Å². The third-order valence-corrected chi connectivity index (χ3v) is 5.29. The van der Waals surface area contributed by atoms with Crippen LogP contribution in [0.25, 0.3) is 0 Å². The lowest BCUT2D eigenvalue weighted by Crippen LogP contribution is -2.50. The molecule has 2 rings (SSSR count). The molecule has 1 fully saturated rings. The van der Waals surface area contributed by atoms with Gasteiger partial charge >= 0.3 is 6.03 Å². The molecule has 0 atom stereocenters. The summed E-state index contributed by atoms with van der Waals surface area (Å²) in [6.45, 7) is 14.5. The fourth-order valence-electron chi connectivity index (χ4n) is 3.56. The van der Waals surface area contributed by atoms with Gasteiger partial charge in [0.25, 0.3) is 0 Å². The fourth-order valence-corrected chi connectivity index (χ4v) is 3.56. The molecule has 0 bridgehead atoms. The molecule has 1 aromatic rings. The predicted molar refractivity (Wildman–Crippen MR) is 113 cm³/mol. The molecule has 27 heavy (non-hydrogen) atoms. The average molecular weight is 376 g/mol. The lowest BCUT2D eigenvalue weighted by atomic mass is 10.0. The Balaban J connectivity index is 2.00. The van der Waals surface area contributed by atoms with E-state index in [4.69, 9.17) is 4.74 Å². The zero-order valence-corrected chi connectivity index (χ0v) is 17.7. The molecule has 1 N–H and O–H groups in total. The Hall–Kier alpha value is -1.75. The van der Waals surface area contributed by atoms with E-state index in [0.29, 0.717) is 24.6 Å². The molecule has 1 aromatic carbocycles. The molecule has 5 nitrogen and oxygen atoms in total. The molecule has 1 saturated heterocycles. The Labute approximate surface area is 165 Å². The van der Waals surface area contributed by atoms with E-state index >= 15 is 0 Å². The maximum atomic E-state index is 13.0. The summed E-state index contributed by atoms with van der Waals surface area (Å²) in [6.07, 6.45) is 3.13. The summed E-state index contributed by atoms with van der Waals surface area (Å²) in [5.41, 5.74) is 0.817. The summed E-state index contributed by atoms with van der Waals surface area (Å²) >= 11 is 0. The number of rotatable bonds is 8. The van der Waals surface area contributed by atoms with Crippen LogP contribution in [0.1, 0.15) is 53.9 Å². The van der Waals surface area contributed by atoms with E-state index in [2.05, 4.69) is 42.8 Å². The number of likely N-dealkylation sites (tertiary alicyclic amines) is 1. The molecule has 1 aliphatic heterocycles. The summed E-state index contributed by atoms with van der Waals surface area (Å²) in [4.78, 5) is 17.6. The molecule has 0 radical (unpaired) electrons. The Bertz CT molecular complexity index is 563. The highest BCUT2D eigenvalue weighted by molar-refractivity contribution is 5.89. The minimum Gasteiger partial charge on any atom is -0.494 e. The summed E-state index contributed by atoms with van der Waals surface area (Å²) in [5, 5.41) is 3.08. The van der Waals surface area contributed by atoms with E-state index in [0.717, 1.165) is 50.3 Å². The van der Waals surface area contributed by atoms with Gasteiger partial charge in [0.2, 0.25) is 0 Å². The van der Waals surface area contributed by atoms with Crippen LogP contribution in [0.2, 0.25) is 0 Å². The van der Waals surface area contributed by atoms with Gasteiger partial charge in [-0.05, 0) is 70.2 Å². The van der Waals surface area contributed by atoms with Crippen LogP contribution in [-0.2, 0) is 0 Å². The number of hydrogen-bond acceptors (Lipinski definition) is 3. The Morgan fingerprint density at radius 3 is 2.33 bits per heavy atom. The van der Waals surface area contributed by atoms with E-state index in [1.165, 1.54) is 0 Å². The highest BCUT2D eigenvalue weighted by Gasteiger charge is 2.28. The third-order valence-electron chi connectivity index (χ3n) is 5.29. The van der Waals surface area contributed by atoms with Gasteiger partial charge in [0.15, 0.2) is 0 Å². The van der Waals surface area contributed by atoms with Gasteiger partial charge in [-0.15, -0.1) is 0 Å². The van der Waals surface area contributed by atoms with Crippen molar-refractivity contribution in [3.8, 4) is 5.75 Å². The highest BCUT2D eigenvalue weighted by atomic mass is 16.5. The van der Waals surface area contributed by atoms with Crippen molar-refractivity contribution >= 4 is 11.7 Å². The highest BCUT2D eigenvalue weighted by Crippen LogP contribution is 2.22. The van der Waals surface area contributed by atoms with Crippen LogP contribution >= 0.6 is 0 Å². The second kappa shape index (κ2) is 10.5. The van der Waals surface area contributed by atoms with E-state index < -0.39 is 0 Å². The first kappa shape index (κ1) is 21.5. The Kier molecular flexibility index (Phi) is 8.42. The monoisotopic (exact) mass is 375 g/mol. The minimum atomic E-state index is 0.0165. The van der Waals surface area contributed by atoms with Crippen molar-refractivity contribution < 1.29 is 9.53 Å². The molecule has 0 unspecified atom stereocenters. The number of piperidine rings is 1. The van der Waals surface area contributed by atoms with Gasteiger partial charge in [-0.1, -0.05) is 13.8 Å². The molecule has 5 heteroatoms. The number of carbonyl (C=O) groups excluding carboxylic acids is 1. The largest absolute Gasteiger partial charge is 0.494 e. The van der Waals surface area contributed by atoms with Crippen LogP contribution in [-0.4, -0.2) is 54.2 Å². The summed E-state index contributed by atoms with van der Waals surface area (Å²) < 4.78 is 5.47. The van der Waals surface area contributed by atoms with Crippen molar-refractivity contribution in [3.05, 3.63) is 24.3 Å². The molecule has 152 valence electrons. The van der Waals surface area contributed by atoms with Crippen LogP contribution in [0.3, 0.4) is 0 Å². The van der Waals surface area contributed by atoms with Crippen molar-refractivity contribution in [2.24, 2.45) is 5.92 Å². The second-order valence-electron chi connectivity index (χ2n) is 8.12. The quantitative estimate of drug-likeness (QED) is 0.707. The molecule has 0 aliphatic carbocycles. The van der Waals surface area contributed by atoms with Crippen molar-refractivity contribution in [2.45, 2.75) is 66.0 Å². The zero-order chi connectivity index (χ0) is 19.8. The first-order valence-electron chi connectivity index (χ1n) is 10.4. The number of carbonyl (C=O) groups is 1. The van der Waals surface area contributed by atoms with E-state index in [-0.39, 0.29) is 6.03 Å². The smallest absolute Gasteiger partial charge is 0.322 e. The molecular formula is C22H37N3O2. The van der Waals surface area contributed by atoms with Crippen LogP contribution in [0.15, 0.2) is 24.3 Å². The summed E-state index contributed by atoms with van der Waals surface area (Å²) in [6, 6.07) is 8.53. The number of urea groups is 1. The molecule has 0 aromatic heterocycles. The number of anilines is 1. The van der Waals surface area contributed by atoms with Gasteiger partial charge in [0, 0.05) is 37.4 Å². The van der Waals surface area contributed by atoms with Gasteiger partial charge in [-0.25, -0.2) is 4.79 Å². The second-order valence-corrected chi connectivity index (χ2v) is 8.12. The number of hydrogen-bond donors (Lipinski definition) is 1. The SMILES string of the molecule is CCOc1ccc(NC(=O)N(CCC(C)C)C2CCN(C(C)C)CC2)cc1. The Morgan fingerprint density at radius 2 is 1.81 bits per heavy atom. The minimum absolute atomic E-state index is 0.0165. The topological polar surface area (TPSA) is 44.8 Å². The van der Waals surface area contributed by atoms with Crippen LogP contribution in [0.5, 0.6) is 5.75 Å². The van der Waals surface area contributed by atoms with Gasteiger partial charge in [0.1, 0.15) is 5.75 Å². The molecule has 0 spiro atoms. The van der Waals surface area contributed by atoms with Gasteiger partial charge in [-0.3, -0.25) is 0 Å². The van der Waals surface area contributed by atoms with Crippen molar-refractivity contribution in [3.63, 3.8) is 0 Å². The lowest BCUT2D eigenvalue weighted by molar-refractivity contribution is 0.108. The van der Waals surface area contributed by atoms with E-state index in [1.807, 2.05) is 31.2 Å². The molecular weight excluding hydrogens is 338 g/mol. The summed E-state index contributed by atoms with van der Waals surface area (Å²) in [5.74, 6) is 1.41. The first-order chi connectivity index (χ1) is 12.9. The maximum absolute atomic E-state index is 13.0. The number of amides is 2. The lowest BCUT2D eigenvalue weighted by Gasteiger charge is -2.40. The molecule has 2 amide bonds. The van der Waals surface area contributed by atoms with E-state index in [9.17, 15) is 4.79 Å². The molecule has 1 heterocycles. The Morgan fingerprint density at radius 1 is 1.19 bits per heavy atom. The zero-order valence-electron chi connectivity index (χ0n) is 17.7. The maximum Gasteiger partial charge on any atom is 0.322 e. The van der Waals surface area contributed by atoms with Crippen LogP contribution < -0.4 is 10.1 Å². The van der Waals surface area contributed by atoms with E-state index in [1.54, 1.807) is 0 Å². The number of benzene rings is 1. The summed E-state index contributed by atoms with van der Waals surface area (Å²) in [7, 11) is 0. The standard InChI is InChI=1S/C22H37N3O2/c1-6-27-21-9-7-19(8-10-21)23-22(26)25(16-11-17(2)3)20-12-14-24(15-13-20)18(4)5/h7-10,17-18,20H,6,11-16H2,1-5H3,(H,23,26). The number of nitrogens with one attached hydrogen (secondary N) is 1. The van der Waals surface area contributed by atoms with Crippen molar-refractivity contribution in [1.82, 2.24) is 9.80 Å². The first-order valence-corrected chi connectivity index (χ1v) is 10.4. The fraction of sp³-hybridized carbons (Fsp3) is 0.682. The normalized spacial score (nSPS) is 16.0. The van der Waals surface area contributed by atoms with Gasteiger partial charge < -0.3 is 19.9 Å². The average Bonchev–Trinajstić information content (AvgIpc) is 2.64. The number of ether oxygens (including phenoxy) is 1. The van der Waals surface area contributed by atoms with Crippen LogP contribution in [0, 0.1) is 5.92 Å². The molecule has 1 aliphatic rings.